The van der Waals surface area contributed by atoms with E-state index in [0.717, 1.165) is 5.69 Å². The van der Waals surface area contributed by atoms with Gasteiger partial charge in [0.15, 0.2) is 17.3 Å². The Bertz CT molecular complexity index is 1420. The highest BCUT2D eigenvalue weighted by Gasteiger charge is 2.29. The molecule has 1 aliphatic carbocycles. The molecule has 0 saturated carbocycles. The van der Waals surface area contributed by atoms with Gasteiger partial charge in [0.05, 0.1) is 5.69 Å². The van der Waals surface area contributed by atoms with Crippen molar-refractivity contribution in [3.8, 4) is 0 Å². The van der Waals surface area contributed by atoms with Crippen LogP contribution < -0.4 is 5.32 Å². The van der Waals surface area contributed by atoms with Crippen LogP contribution in [-0.2, 0) is 6.54 Å². The Morgan fingerprint density at radius 2 is 1.56 bits per heavy atom. The first-order valence-corrected chi connectivity index (χ1v) is 10.2. The standard InChI is InChI=1S/C25H20N4O3/c1-28(2)14-20-22(27-21-9-5-6-12-29(20)21)25(32)26-15-10-11-18-19(13-15)24(31)17-8-4-3-7-16(17)23(18)30/h3-13H,14H2,1-2H3,(H,26,32). The molecule has 0 aliphatic heterocycles. The number of amides is 1. The summed E-state index contributed by atoms with van der Waals surface area (Å²) in [5.41, 5.74) is 3.60. The minimum absolute atomic E-state index is 0.193. The van der Waals surface area contributed by atoms with Crippen molar-refractivity contribution in [2.75, 3.05) is 19.4 Å². The van der Waals surface area contributed by atoms with Gasteiger partial charge in [0.25, 0.3) is 5.91 Å². The van der Waals surface area contributed by atoms with Crippen molar-refractivity contribution in [1.82, 2.24) is 14.3 Å². The predicted octanol–water partition coefficient (Wildman–Crippen LogP) is 3.42. The van der Waals surface area contributed by atoms with Gasteiger partial charge in [-0.1, -0.05) is 30.3 Å². The number of rotatable bonds is 4. The van der Waals surface area contributed by atoms with Crippen LogP contribution in [-0.4, -0.2) is 45.9 Å². The third-order valence-corrected chi connectivity index (χ3v) is 5.49. The fourth-order valence-corrected chi connectivity index (χ4v) is 4.05. The summed E-state index contributed by atoms with van der Waals surface area (Å²) in [5.74, 6) is -0.797. The molecule has 2 heterocycles. The van der Waals surface area contributed by atoms with E-state index in [4.69, 9.17) is 0 Å². The van der Waals surface area contributed by atoms with Crippen LogP contribution >= 0.6 is 0 Å². The van der Waals surface area contributed by atoms with Gasteiger partial charge in [0.1, 0.15) is 5.65 Å². The third kappa shape index (κ3) is 3.19. The Morgan fingerprint density at radius 1 is 0.906 bits per heavy atom. The van der Waals surface area contributed by atoms with Gasteiger partial charge in [-0.15, -0.1) is 0 Å². The number of aromatic nitrogens is 2. The van der Waals surface area contributed by atoms with Crippen molar-refractivity contribution in [1.29, 1.82) is 0 Å². The lowest BCUT2D eigenvalue weighted by molar-refractivity contribution is 0.0979. The number of benzene rings is 2. The molecule has 1 aliphatic rings. The largest absolute Gasteiger partial charge is 0.321 e. The smallest absolute Gasteiger partial charge is 0.276 e. The molecule has 158 valence electrons. The van der Waals surface area contributed by atoms with E-state index in [1.54, 1.807) is 42.5 Å². The van der Waals surface area contributed by atoms with Crippen LogP contribution in [0.2, 0.25) is 0 Å². The lowest BCUT2D eigenvalue weighted by atomic mass is 9.84. The fraction of sp³-hybridized carbons (Fsp3) is 0.120. The molecule has 0 bridgehead atoms. The normalized spacial score (nSPS) is 12.7. The van der Waals surface area contributed by atoms with Crippen LogP contribution in [0.5, 0.6) is 0 Å². The monoisotopic (exact) mass is 424 g/mol. The Hall–Kier alpha value is -4.10. The summed E-state index contributed by atoms with van der Waals surface area (Å²) in [6, 6.07) is 17.2. The summed E-state index contributed by atoms with van der Waals surface area (Å²) >= 11 is 0. The van der Waals surface area contributed by atoms with Gasteiger partial charge in [-0.25, -0.2) is 4.98 Å². The molecule has 0 saturated heterocycles. The first kappa shape index (κ1) is 19.8. The van der Waals surface area contributed by atoms with E-state index in [9.17, 15) is 14.4 Å². The number of fused-ring (bicyclic) bond motifs is 3. The van der Waals surface area contributed by atoms with Crippen LogP contribution in [0.4, 0.5) is 5.69 Å². The summed E-state index contributed by atoms with van der Waals surface area (Å²) in [5, 5.41) is 2.85. The number of carbonyl (C=O) groups is 3. The molecular weight excluding hydrogens is 404 g/mol. The number of carbonyl (C=O) groups excluding carboxylic acids is 3. The maximum Gasteiger partial charge on any atom is 0.276 e. The zero-order valence-electron chi connectivity index (χ0n) is 17.6. The lowest BCUT2D eigenvalue weighted by Gasteiger charge is -2.18. The number of hydrogen-bond donors (Lipinski definition) is 1. The number of nitrogens with zero attached hydrogens (tertiary/aromatic N) is 3. The van der Waals surface area contributed by atoms with Crippen molar-refractivity contribution < 1.29 is 14.4 Å². The van der Waals surface area contributed by atoms with Crippen LogP contribution in [0.1, 0.15) is 48.0 Å². The molecule has 7 heteroatoms. The third-order valence-electron chi connectivity index (χ3n) is 5.49. The molecule has 0 radical (unpaired) electrons. The minimum Gasteiger partial charge on any atom is -0.321 e. The summed E-state index contributed by atoms with van der Waals surface area (Å²) in [7, 11) is 3.85. The zero-order valence-corrected chi connectivity index (χ0v) is 17.6. The second-order valence-corrected chi connectivity index (χ2v) is 7.99. The Labute approximate surface area is 184 Å². The number of pyridine rings is 1. The Morgan fingerprint density at radius 3 is 2.28 bits per heavy atom. The number of anilines is 1. The van der Waals surface area contributed by atoms with Gasteiger partial charge in [-0.2, -0.15) is 0 Å². The summed E-state index contributed by atoms with van der Waals surface area (Å²) in [4.78, 5) is 45.4. The Balaban J connectivity index is 1.50. The van der Waals surface area contributed by atoms with E-state index in [0.29, 0.717) is 40.3 Å². The molecule has 32 heavy (non-hydrogen) atoms. The van der Waals surface area contributed by atoms with Gasteiger partial charge in [-0.3, -0.25) is 14.4 Å². The number of hydrogen-bond acceptors (Lipinski definition) is 5. The van der Waals surface area contributed by atoms with E-state index in [1.165, 1.54) is 0 Å². The van der Waals surface area contributed by atoms with Crippen molar-refractivity contribution in [3.63, 3.8) is 0 Å². The number of imidazole rings is 1. The average molecular weight is 424 g/mol. The molecule has 0 atom stereocenters. The molecule has 0 spiro atoms. The maximum absolute atomic E-state index is 13.1. The number of ketones is 2. The second-order valence-electron chi connectivity index (χ2n) is 7.99. The topological polar surface area (TPSA) is 83.8 Å². The van der Waals surface area contributed by atoms with E-state index in [1.807, 2.05) is 47.8 Å². The minimum atomic E-state index is -0.375. The molecule has 2 aromatic heterocycles. The predicted molar refractivity (Wildman–Crippen MR) is 120 cm³/mol. The first-order chi connectivity index (χ1) is 15.4. The van der Waals surface area contributed by atoms with Crippen LogP contribution in [0.3, 0.4) is 0 Å². The van der Waals surface area contributed by atoms with Crippen molar-refractivity contribution in [2.45, 2.75) is 6.54 Å². The summed E-state index contributed by atoms with van der Waals surface area (Å²) < 4.78 is 1.89. The zero-order chi connectivity index (χ0) is 22.4. The highest BCUT2D eigenvalue weighted by atomic mass is 16.2. The highest BCUT2D eigenvalue weighted by molar-refractivity contribution is 6.28. The first-order valence-electron chi connectivity index (χ1n) is 10.2. The highest BCUT2D eigenvalue weighted by Crippen LogP contribution is 2.29. The molecule has 1 N–H and O–H groups in total. The summed E-state index contributed by atoms with van der Waals surface area (Å²) in [6.45, 7) is 0.530. The lowest BCUT2D eigenvalue weighted by Crippen LogP contribution is -2.22. The van der Waals surface area contributed by atoms with Crippen LogP contribution in [0.15, 0.2) is 66.9 Å². The second kappa shape index (κ2) is 7.55. The van der Waals surface area contributed by atoms with Gasteiger partial charge in [0, 0.05) is 40.7 Å². The Kier molecular flexibility index (Phi) is 4.68. The molecule has 4 aromatic rings. The van der Waals surface area contributed by atoms with Crippen molar-refractivity contribution in [2.24, 2.45) is 0 Å². The molecule has 0 fully saturated rings. The van der Waals surface area contributed by atoms with E-state index in [-0.39, 0.29) is 23.0 Å². The molecule has 1 amide bonds. The van der Waals surface area contributed by atoms with Crippen molar-refractivity contribution in [3.05, 3.63) is 101 Å². The van der Waals surface area contributed by atoms with Crippen LogP contribution in [0, 0.1) is 0 Å². The summed E-state index contributed by atoms with van der Waals surface area (Å²) in [6.07, 6.45) is 1.87. The van der Waals surface area contributed by atoms with Gasteiger partial charge < -0.3 is 14.6 Å². The quantitative estimate of drug-likeness (QED) is 0.478. The van der Waals surface area contributed by atoms with Gasteiger partial charge >= 0.3 is 0 Å². The maximum atomic E-state index is 13.1. The van der Waals surface area contributed by atoms with E-state index in [2.05, 4.69) is 10.3 Å². The van der Waals surface area contributed by atoms with Crippen LogP contribution in [0.25, 0.3) is 5.65 Å². The van der Waals surface area contributed by atoms with E-state index >= 15 is 0 Å². The molecule has 2 aromatic carbocycles. The fourth-order valence-electron chi connectivity index (χ4n) is 4.05. The van der Waals surface area contributed by atoms with Gasteiger partial charge in [0.2, 0.25) is 0 Å². The van der Waals surface area contributed by atoms with Gasteiger partial charge in [-0.05, 0) is 44.4 Å². The average Bonchev–Trinajstić information content (AvgIpc) is 3.15. The van der Waals surface area contributed by atoms with E-state index < -0.39 is 0 Å². The molecule has 7 nitrogen and oxygen atoms in total. The van der Waals surface area contributed by atoms with Crippen molar-refractivity contribution >= 4 is 28.8 Å². The molecule has 5 rings (SSSR count). The molecular formula is C25H20N4O3. The SMILES string of the molecule is CN(C)Cc1c(C(=O)Nc2ccc3c(c2)C(=O)c2ccccc2C3=O)nc2ccccn12. The number of nitrogens with one attached hydrogen (secondary N) is 1. The molecule has 0 unspecified atom stereocenters.